The van der Waals surface area contributed by atoms with Gasteiger partial charge in [0.1, 0.15) is 0 Å². The van der Waals surface area contributed by atoms with Crippen LogP contribution in [0.25, 0.3) is 0 Å². The van der Waals surface area contributed by atoms with Crippen LogP contribution in [0.5, 0.6) is 0 Å². The van der Waals surface area contributed by atoms with Crippen molar-refractivity contribution in [1.82, 2.24) is 9.88 Å². The standard InChI is InChI=1S/C12H15N3/c13-10-12-2-1-8-15(12)9-5-11-3-6-14-7-4-11/h3-4,6-7,12H,1-2,5,8-9H2. The van der Waals surface area contributed by atoms with E-state index in [0.717, 1.165) is 32.4 Å². The summed E-state index contributed by atoms with van der Waals surface area (Å²) in [6.07, 6.45) is 6.85. The van der Waals surface area contributed by atoms with Gasteiger partial charge in [0.25, 0.3) is 0 Å². The molecule has 1 aliphatic heterocycles. The molecule has 0 amide bonds. The Hall–Kier alpha value is -1.40. The zero-order chi connectivity index (χ0) is 10.5. The molecular weight excluding hydrogens is 186 g/mol. The van der Waals surface area contributed by atoms with Gasteiger partial charge in [-0.15, -0.1) is 0 Å². The first-order valence-electron chi connectivity index (χ1n) is 5.43. The van der Waals surface area contributed by atoms with Crippen molar-refractivity contribution < 1.29 is 0 Å². The van der Waals surface area contributed by atoms with E-state index in [0.29, 0.717) is 0 Å². The molecule has 1 saturated heterocycles. The van der Waals surface area contributed by atoms with Gasteiger partial charge in [0.2, 0.25) is 0 Å². The molecule has 3 heteroatoms. The second kappa shape index (κ2) is 4.90. The molecule has 0 spiro atoms. The van der Waals surface area contributed by atoms with Gasteiger partial charge in [-0.2, -0.15) is 5.26 Å². The Bertz CT molecular complexity index is 342. The van der Waals surface area contributed by atoms with E-state index in [2.05, 4.69) is 16.0 Å². The van der Waals surface area contributed by atoms with E-state index in [1.54, 1.807) is 0 Å². The summed E-state index contributed by atoms with van der Waals surface area (Å²) in [7, 11) is 0. The monoisotopic (exact) mass is 201 g/mol. The molecule has 1 aromatic heterocycles. The SMILES string of the molecule is N#CC1CCCN1CCc1ccncc1. The molecule has 0 radical (unpaired) electrons. The number of aromatic nitrogens is 1. The lowest BCUT2D eigenvalue weighted by atomic mass is 10.2. The first kappa shape index (κ1) is 10.1. The topological polar surface area (TPSA) is 39.9 Å². The van der Waals surface area contributed by atoms with Crippen LogP contribution in [0.4, 0.5) is 0 Å². The maximum absolute atomic E-state index is 8.93. The van der Waals surface area contributed by atoms with Gasteiger partial charge >= 0.3 is 0 Å². The summed E-state index contributed by atoms with van der Waals surface area (Å²) < 4.78 is 0. The number of likely N-dealkylation sites (tertiary alicyclic amines) is 1. The van der Waals surface area contributed by atoms with Crippen molar-refractivity contribution in [3.63, 3.8) is 0 Å². The maximum atomic E-state index is 8.93. The lowest BCUT2D eigenvalue weighted by Gasteiger charge is -2.18. The fourth-order valence-electron chi connectivity index (χ4n) is 2.06. The number of hydrogen-bond donors (Lipinski definition) is 0. The highest BCUT2D eigenvalue weighted by molar-refractivity contribution is 5.10. The Morgan fingerprint density at radius 3 is 3.00 bits per heavy atom. The Morgan fingerprint density at radius 2 is 2.27 bits per heavy atom. The molecule has 1 atom stereocenters. The molecule has 2 rings (SSSR count). The first-order valence-corrected chi connectivity index (χ1v) is 5.43. The molecular formula is C12H15N3. The van der Waals surface area contributed by atoms with Crippen molar-refractivity contribution in [2.75, 3.05) is 13.1 Å². The van der Waals surface area contributed by atoms with Crippen LogP contribution in [-0.2, 0) is 6.42 Å². The Kier molecular flexibility index (Phi) is 3.31. The summed E-state index contributed by atoms with van der Waals surface area (Å²) in [4.78, 5) is 6.27. The zero-order valence-corrected chi connectivity index (χ0v) is 8.76. The van der Waals surface area contributed by atoms with E-state index < -0.39 is 0 Å². The summed E-state index contributed by atoms with van der Waals surface area (Å²) in [6.45, 7) is 2.06. The maximum Gasteiger partial charge on any atom is 0.0978 e. The van der Waals surface area contributed by atoms with Crippen LogP contribution >= 0.6 is 0 Å². The molecule has 0 aromatic carbocycles. The normalized spacial score (nSPS) is 21.4. The summed E-state index contributed by atoms with van der Waals surface area (Å²) in [5, 5.41) is 8.93. The van der Waals surface area contributed by atoms with E-state index in [1.165, 1.54) is 5.56 Å². The third kappa shape index (κ3) is 2.54. The molecule has 0 bridgehead atoms. The van der Waals surface area contributed by atoms with E-state index in [-0.39, 0.29) is 6.04 Å². The quantitative estimate of drug-likeness (QED) is 0.746. The molecule has 1 unspecified atom stereocenters. The summed E-state index contributed by atoms with van der Waals surface area (Å²) >= 11 is 0. The number of pyridine rings is 1. The van der Waals surface area contributed by atoms with Gasteiger partial charge in [-0.05, 0) is 43.5 Å². The van der Waals surface area contributed by atoms with E-state index in [4.69, 9.17) is 5.26 Å². The van der Waals surface area contributed by atoms with Gasteiger partial charge in [-0.25, -0.2) is 0 Å². The molecule has 0 aliphatic carbocycles. The molecule has 1 aromatic rings. The largest absolute Gasteiger partial charge is 0.288 e. The van der Waals surface area contributed by atoms with Crippen molar-refractivity contribution in [2.45, 2.75) is 25.3 Å². The summed E-state index contributed by atoms with van der Waals surface area (Å²) in [5.41, 5.74) is 1.30. The zero-order valence-electron chi connectivity index (χ0n) is 8.76. The number of hydrogen-bond acceptors (Lipinski definition) is 3. The van der Waals surface area contributed by atoms with Crippen LogP contribution in [0.15, 0.2) is 24.5 Å². The summed E-state index contributed by atoms with van der Waals surface area (Å²) in [6, 6.07) is 6.59. The third-order valence-corrected chi connectivity index (χ3v) is 2.95. The van der Waals surface area contributed by atoms with Gasteiger partial charge < -0.3 is 0 Å². The first-order chi connectivity index (χ1) is 7.40. The molecule has 0 saturated carbocycles. The fraction of sp³-hybridized carbons (Fsp3) is 0.500. The predicted octanol–water partition coefficient (Wildman–Crippen LogP) is 1.61. The van der Waals surface area contributed by atoms with Crippen molar-refractivity contribution in [3.05, 3.63) is 30.1 Å². The van der Waals surface area contributed by atoms with Crippen LogP contribution in [-0.4, -0.2) is 29.0 Å². The Labute approximate surface area is 90.4 Å². The average molecular weight is 201 g/mol. The van der Waals surface area contributed by atoms with Crippen LogP contribution in [0.2, 0.25) is 0 Å². The van der Waals surface area contributed by atoms with Gasteiger partial charge in [-0.1, -0.05) is 0 Å². The van der Waals surface area contributed by atoms with Gasteiger partial charge in [-0.3, -0.25) is 9.88 Å². The molecule has 15 heavy (non-hydrogen) atoms. The van der Waals surface area contributed by atoms with Gasteiger partial charge in [0.15, 0.2) is 0 Å². The molecule has 1 fully saturated rings. The minimum atomic E-state index is 0.145. The van der Waals surface area contributed by atoms with Crippen LogP contribution < -0.4 is 0 Å². The number of nitrogens with zero attached hydrogens (tertiary/aromatic N) is 3. The van der Waals surface area contributed by atoms with Crippen molar-refractivity contribution in [2.24, 2.45) is 0 Å². The smallest absolute Gasteiger partial charge is 0.0978 e. The number of nitriles is 1. The predicted molar refractivity (Wildman–Crippen MR) is 58.1 cm³/mol. The van der Waals surface area contributed by atoms with E-state index >= 15 is 0 Å². The molecule has 3 nitrogen and oxygen atoms in total. The average Bonchev–Trinajstić information content (AvgIpc) is 2.75. The lowest BCUT2D eigenvalue weighted by molar-refractivity contribution is 0.298. The molecule has 1 aliphatic rings. The van der Waals surface area contributed by atoms with Gasteiger partial charge in [0.05, 0.1) is 12.1 Å². The second-order valence-corrected chi connectivity index (χ2v) is 3.93. The van der Waals surface area contributed by atoms with Crippen molar-refractivity contribution >= 4 is 0 Å². The Morgan fingerprint density at radius 1 is 1.47 bits per heavy atom. The van der Waals surface area contributed by atoms with Crippen LogP contribution in [0, 0.1) is 11.3 Å². The summed E-state index contributed by atoms with van der Waals surface area (Å²) in [5.74, 6) is 0. The molecule has 0 N–H and O–H groups in total. The minimum Gasteiger partial charge on any atom is -0.288 e. The Balaban J connectivity index is 1.86. The van der Waals surface area contributed by atoms with Crippen molar-refractivity contribution in [3.8, 4) is 6.07 Å². The second-order valence-electron chi connectivity index (χ2n) is 3.93. The minimum absolute atomic E-state index is 0.145. The van der Waals surface area contributed by atoms with E-state index in [9.17, 15) is 0 Å². The van der Waals surface area contributed by atoms with E-state index in [1.807, 2.05) is 24.5 Å². The highest BCUT2D eigenvalue weighted by Crippen LogP contribution is 2.16. The van der Waals surface area contributed by atoms with Crippen LogP contribution in [0.1, 0.15) is 18.4 Å². The van der Waals surface area contributed by atoms with Gasteiger partial charge in [0, 0.05) is 18.9 Å². The highest BCUT2D eigenvalue weighted by Gasteiger charge is 2.23. The lowest BCUT2D eigenvalue weighted by Crippen LogP contribution is -2.30. The van der Waals surface area contributed by atoms with Crippen LogP contribution in [0.3, 0.4) is 0 Å². The molecule has 78 valence electrons. The fourth-order valence-corrected chi connectivity index (χ4v) is 2.06. The number of rotatable bonds is 3. The highest BCUT2D eigenvalue weighted by atomic mass is 15.2. The van der Waals surface area contributed by atoms with Crippen molar-refractivity contribution in [1.29, 1.82) is 5.26 Å². The molecule has 2 heterocycles. The third-order valence-electron chi connectivity index (χ3n) is 2.95.